The first kappa shape index (κ1) is 23.8. The van der Waals surface area contributed by atoms with Crippen LogP contribution in [0.2, 0.25) is 5.02 Å². The molecule has 0 unspecified atom stereocenters. The molecular formula is C21H18ClN3O7S. The summed E-state index contributed by atoms with van der Waals surface area (Å²) in [5.41, 5.74) is 0.284. The van der Waals surface area contributed by atoms with Crippen LogP contribution in [-0.2, 0) is 10.0 Å². The van der Waals surface area contributed by atoms with Crippen LogP contribution < -0.4 is 19.5 Å². The molecule has 0 saturated heterocycles. The summed E-state index contributed by atoms with van der Waals surface area (Å²) in [6.45, 7) is 0. The molecule has 0 aliphatic rings. The molecule has 0 bridgehead atoms. The highest BCUT2D eigenvalue weighted by molar-refractivity contribution is 7.92. The number of rotatable bonds is 8. The Morgan fingerprint density at radius 3 is 2.27 bits per heavy atom. The van der Waals surface area contributed by atoms with Crippen molar-refractivity contribution in [1.29, 1.82) is 0 Å². The second-order valence-corrected chi connectivity index (χ2v) is 8.66. The molecule has 1 amide bonds. The number of carbonyl (C=O) groups excluding carboxylic acids is 1. The molecule has 172 valence electrons. The molecule has 10 nitrogen and oxygen atoms in total. The van der Waals surface area contributed by atoms with Gasteiger partial charge in [-0.2, -0.15) is 0 Å². The molecule has 0 saturated carbocycles. The first-order valence-corrected chi connectivity index (χ1v) is 11.1. The molecule has 3 aromatic rings. The summed E-state index contributed by atoms with van der Waals surface area (Å²) in [7, 11) is -1.10. The van der Waals surface area contributed by atoms with Gasteiger partial charge in [-0.25, -0.2) is 8.42 Å². The maximum absolute atomic E-state index is 12.8. The van der Waals surface area contributed by atoms with Crippen molar-refractivity contribution in [3.05, 3.63) is 81.4 Å². The van der Waals surface area contributed by atoms with Crippen LogP contribution >= 0.6 is 11.6 Å². The number of nitro groups is 1. The number of anilines is 2. The van der Waals surface area contributed by atoms with E-state index in [9.17, 15) is 23.3 Å². The molecule has 0 aliphatic carbocycles. The van der Waals surface area contributed by atoms with Gasteiger partial charge in [-0.05, 0) is 42.5 Å². The van der Waals surface area contributed by atoms with Crippen molar-refractivity contribution in [3.63, 3.8) is 0 Å². The summed E-state index contributed by atoms with van der Waals surface area (Å²) in [4.78, 5) is 22.6. The number of nitrogens with zero attached hydrogens (tertiary/aromatic N) is 1. The summed E-state index contributed by atoms with van der Waals surface area (Å²) in [5, 5.41) is 13.3. The standard InChI is InChI=1S/C21H18ClN3O7S/c1-31-15-6-10-20(32-2)19(12-15)24-33(29,30)16-7-3-13(4-8-16)23-21(26)17-9-5-14(25(27)28)11-18(17)22/h3-12,24H,1-2H3,(H,23,26). The highest BCUT2D eigenvalue weighted by Crippen LogP contribution is 2.31. The van der Waals surface area contributed by atoms with E-state index >= 15 is 0 Å². The Morgan fingerprint density at radius 2 is 1.70 bits per heavy atom. The van der Waals surface area contributed by atoms with Crippen LogP contribution in [0.5, 0.6) is 11.5 Å². The van der Waals surface area contributed by atoms with E-state index in [1.807, 2.05) is 0 Å². The lowest BCUT2D eigenvalue weighted by atomic mass is 10.2. The van der Waals surface area contributed by atoms with Crippen molar-refractivity contribution in [3.8, 4) is 11.5 Å². The first-order chi connectivity index (χ1) is 15.6. The number of amides is 1. The van der Waals surface area contributed by atoms with Gasteiger partial charge in [0.15, 0.2) is 0 Å². The average molecular weight is 492 g/mol. The maximum atomic E-state index is 12.8. The SMILES string of the molecule is COc1ccc(OC)c(NS(=O)(=O)c2ccc(NC(=O)c3ccc([N+](=O)[O-])cc3Cl)cc2)c1. The van der Waals surface area contributed by atoms with E-state index in [4.69, 9.17) is 21.1 Å². The zero-order valence-corrected chi connectivity index (χ0v) is 18.9. The molecule has 0 fully saturated rings. The Morgan fingerprint density at radius 1 is 1.00 bits per heavy atom. The number of sulfonamides is 1. The van der Waals surface area contributed by atoms with Crippen molar-refractivity contribution in [2.24, 2.45) is 0 Å². The Labute approximate surface area is 194 Å². The Bertz CT molecular complexity index is 1310. The minimum absolute atomic E-state index is 0.0331. The Hall–Kier alpha value is -3.83. The molecule has 0 heterocycles. The summed E-state index contributed by atoms with van der Waals surface area (Å²) in [5.74, 6) is 0.143. The molecule has 33 heavy (non-hydrogen) atoms. The Kier molecular flexibility index (Phi) is 7.04. The van der Waals surface area contributed by atoms with Gasteiger partial charge < -0.3 is 14.8 Å². The van der Waals surface area contributed by atoms with Crippen molar-refractivity contribution < 1.29 is 27.6 Å². The summed E-state index contributed by atoms with van der Waals surface area (Å²) in [6.07, 6.45) is 0. The average Bonchev–Trinajstić information content (AvgIpc) is 2.78. The van der Waals surface area contributed by atoms with E-state index in [1.54, 1.807) is 12.1 Å². The largest absolute Gasteiger partial charge is 0.497 e. The number of hydrogen-bond donors (Lipinski definition) is 2. The third-order valence-electron chi connectivity index (χ3n) is 4.48. The number of nitrogens with one attached hydrogen (secondary N) is 2. The predicted molar refractivity (Wildman–Crippen MR) is 123 cm³/mol. The van der Waals surface area contributed by atoms with Gasteiger partial charge in [0.25, 0.3) is 21.6 Å². The van der Waals surface area contributed by atoms with E-state index < -0.39 is 20.9 Å². The quantitative estimate of drug-likeness (QED) is 0.353. The molecule has 3 rings (SSSR count). The van der Waals surface area contributed by atoms with Crippen LogP contribution in [0.1, 0.15) is 10.4 Å². The van der Waals surface area contributed by atoms with Crippen molar-refractivity contribution >= 4 is 44.6 Å². The summed E-state index contributed by atoms with van der Waals surface area (Å²) < 4.78 is 38.3. The summed E-state index contributed by atoms with van der Waals surface area (Å²) >= 11 is 5.97. The highest BCUT2D eigenvalue weighted by Gasteiger charge is 2.19. The Balaban J connectivity index is 1.77. The van der Waals surface area contributed by atoms with Crippen LogP contribution in [0.15, 0.2) is 65.6 Å². The number of halogens is 1. The van der Waals surface area contributed by atoms with E-state index in [2.05, 4.69) is 10.0 Å². The van der Waals surface area contributed by atoms with Gasteiger partial charge in [-0.1, -0.05) is 11.6 Å². The fourth-order valence-electron chi connectivity index (χ4n) is 2.82. The zero-order chi connectivity index (χ0) is 24.2. The van der Waals surface area contributed by atoms with Crippen LogP contribution in [0, 0.1) is 10.1 Å². The van der Waals surface area contributed by atoms with Crippen LogP contribution in [0.4, 0.5) is 17.1 Å². The number of carbonyl (C=O) groups is 1. The lowest BCUT2D eigenvalue weighted by Crippen LogP contribution is -2.15. The summed E-state index contributed by atoms with van der Waals surface area (Å²) in [6, 6.07) is 13.6. The van der Waals surface area contributed by atoms with Crippen molar-refractivity contribution in [2.75, 3.05) is 24.3 Å². The van der Waals surface area contributed by atoms with Gasteiger partial charge in [0.1, 0.15) is 11.5 Å². The number of ether oxygens (including phenoxy) is 2. The monoisotopic (exact) mass is 491 g/mol. The van der Waals surface area contributed by atoms with Crippen LogP contribution in [0.3, 0.4) is 0 Å². The topological polar surface area (TPSA) is 137 Å². The van der Waals surface area contributed by atoms with Gasteiger partial charge in [0, 0.05) is 23.9 Å². The zero-order valence-electron chi connectivity index (χ0n) is 17.4. The second kappa shape index (κ2) is 9.76. The van der Waals surface area contributed by atoms with Gasteiger partial charge in [-0.3, -0.25) is 19.6 Å². The molecule has 12 heteroatoms. The fourth-order valence-corrected chi connectivity index (χ4v) is 4.14. The maximum Gasteiger partial charge on any atom is 0.270 e. The van der Waals surface area contributed by atoms with Gasteiger partial charge >= 0.3 is 0 Å². The molecule has 0 spiro atoms. The first-order valence-electron chi connectivity index (χ1n) is 9.25. The molecule has 0 aliphatic heterocycles. The number of nitro benzene ring substituents is 1. The number of methoxy groups -OCH3 is 2. The molecule has 3 aromatic carbocycles. The molecule has 0 aromatic heterocycles. The van der Waals surface area contributed by atoms with Gasteiger partial charge in [0.05, 0.1) is 40.3 Å². The lowest BCUT2D eigenvalue weighted by molar-refractivity contribution is -0.384. The third-order valence-corrected chi connectivity index (χ3v) is 6.18. The third kappa shape index (κ3) is 5.51. The van der Waals surface area contributed by atoms with E-state index in [0.717, 1.165) is 12.1 Å². The van der Waals surface area contributed by atoms with Crippen molar-refractivity contribution in [2.45, 2.75) is 4.90 Å². The van der Waals surface area contributed by atoms with E-state index in [-0.39, 0.29) is 26.9 Å². The highest BCUT2D eigenvalue weighted by atomic mass is 35.5. The minimum Gasteiger partial charge on any atom is -0.497 e. The lowest BCUT2D eigenvalue weighted by Gasteiger charge is -2.13. The second-order valence-electron chi connectivity index (χ2n) is 6.57. The van der Waals surface area contributed by atoms with Crippen molar-refractivity contribution in [1.82, 2.24) is 0 Å². The normalized spacial score (nSPS) is 10.9. The molecule has 0 atom stereocenters. The fraction of sp³-hybridized carbons (Fsp3) is 0.0952. The number of benzene rings is 3. The molecular weight excluding hydrogens is 474 g/mol. The van der Waals surface area contributed by atoms with E-state index in [1.165, 1.54) is 50.6 Å². The van der Waals surface area contributed by atoms with Gasteiger partial charge in [0.2, 0.25) is 0 Å². The van der Waals surface area contributed by atoms with Crippen LogP contribution in [0.25, 0.3) is 0 Å². The van der Waals surface area contributed by atoms with Crippen LogP contribution in [-0.4, -0.2) is 33.5 Å². The van der Waals surface area contributed by atoms with E-state index in [0.29, 0.717) is 17.2 Å². The van der Waals surface area contributed by atoms with Gasteiger partial charge in [-0.15, -0.1) is 0 Å². The smallest absolute Gasteiger partial charge is 0.270 e. The number of hydrogen-bond acceptors (Lipinski definition) is 7. The molecule has 0 radical (unpaired) electrons. The predicted octanol–water partition coefficient (Wildman–Crippen LogP) is 4.32. The minimum atomic E-state index is -3.97. The number of non-ortho nitro benzene ring substituents is 1. The molecule has 2 N–H and O–H groups in total.